The van der Waals surface area contributed by atoms with Crippen molar-refractivity contribution in [1.29, 1.82) is 0 Å². The van der Waals surface area contributed by atoms with Crippen molar-refractivity contribution in [1.82, 2.24) is 5.10 Å². The monoisotopic (exact) mass is 405 g/mol. The minimum Gasteiger partial charge on any atom is -0.506 e. The number of Topliss-reactive ketones (excluding diaryl/α,β-unsaturated/α-hetero) is 1. The number of hydrogen-bond donors (Lipinski definition) is 1. The van der Waals surface area contributed by atoms with E-state index in [4.69, 9.17) is 0 Å². The summed E-state index contributed by atoms with van der Waals surface area (Å²) >= 11 is 0. The molecule has 5 rings (SSSR count). The number of allylic oxidation sites excluding steroid dienone is 3. The molecule has 0 spiro atoms. The van der Waals surface area contributed by atoms with Gasteiger partial charge in [0.25, 0.3) is 5.70 Å². The molecule has 0 amide bonds. The Kier molecular flexibility index (Phi) is 4.48. The highest BCUT2D eigenvalue weighted by Crippen LogP contribution is 2.46. The Balaban J connectivity index is 1.85. The molecular weight excluding hydrogens is 384 g/mol. The second-order valence-electron chi connectivity index (χ2n) is 7.68. The number of fused-ring (bicyclic) bond motifs is 4. The van der Waals surface area contributed by atoms with Crippen molar-refractivity contribution in [2.75, 3.05) is 0 Å². The minimum absolute atomic E-state index is 0.0346. The maximum atomic E-state index is 13.1. The molecule has 1 aliphatic carbocycles. The Morgan fingerprint density at radius 3 is 1.84 bits per heavy atom. The molecule has 0 saturated heterocycles. The van der Waals surface area contributed by atoms with Gasteiger partial charge in [-0.05, 0) is 51.9 Å². The summed E-state index contributed by atoms with van der Waals surface area (Å²) in [6.07, 6.45) is 3.60. The van der Waals surface area contributed by atoms with Gasteiger partial charge in [-0.25, -0.2) is 0 Å². The van der Waals surface area contributed by atoms with Gasteiger partial charge in [0, 0.05) is 11.0 Å². The van der Waals surface area contributed by atoms with E-state index in [0.29, 0.717) is 11.3 Å². The molecule has 0 atom stereocenters. The molecule has 150 valence electrons. The van der Waals surface area contributed by atoms with Gasteiger partial charge in [-0.1, -0.05) is 66.7 Å². The van der Waals surface area contributed by atoms with Gasteiger partial charge in [-0.2, -0.15) is 0 Å². The predicted molar refractivity (Wildman–Crippen MR) is 122 cm³/mol. The lowest BCUT2D eigenvalue weighted by Crippen LogP contribution is -2.39. The van der Waals surface area contributed by atoms with Gasteiger partial charge in [0.05, 0.1) is 5.39 Å². The molecular formula is C27H21N2O2+. The van der Waals surface area contributed by atoms with Gasteiger partial charge in [-0.3, -0.25) is 4.79 Å². The molecule has 1 aliphatic rings. The number of benzene rings is 3. The fourth-order valence-electron chi connectivity index (χ4n) is 4.37. The second kappa shape index (κ2) is 7.33. The van der Waals surface area contributed by atoms with Crippen LogP contribution in [0.1, 0.15) is 25.0 Å². The predicted octanol–water partition coefficient (Wildman–Crippen LogP) is 5.34. The Labute approximate surface area is 180 Å². The largest absolute Gasteiger partial charge is 0.506 e. The van der Waals surface area contributed by atoms with Gasteiger partial charge >= 0.3 is 0 Å². The third-order valence-corrected chi connectivity index (χ3v) is 5.67. The van der Waals surface area contributed by atoms with E-state index < -0.39 is 0 Å². The van der Waals surface area contributed by atoms with Crippen molar-refractivity contribution in [3.05, 3.63) is 108 Å². The summed E-state index contributed by atoms with van der Waals surface area (Å²) in [4.78, 5) is 13.1. The number of nitrogens with zero attached hydrogens (tertiary/aromatic N) is 2. The molecule has 0 unspecified atom stereocenters. The highest BCUT2D eigenvalue weighted by Gasteiger charge is 2.34. The number of aliphatic hydroxyl groups is 1. The molecule has 4 heteroatoms. The molecule has 1 heterocycles. The van der Waals surface area contributed by atoms with E-state index in [1.807, 2.05) is 66.9 Å². The van der Waals surface area contributed by atoms with E-state index >= 15 is 0 Å². The topological polar surface area (TPSA) is 54.1 Å². The number of aromatic nitrogens is 2. The van der Waals surface area contributed by atoms with E-state index in [1.165, 1.54) is 6.92 Å². The van der Waals surface area contributed by atoms with Crippen molar-refractivity contribution in [3.8, 4) is 11.1 Å². The number of carbonyl (C=O) groups excluding carboxylic acids is 1. The molecule has 0 aliphatic heterocycles. The quantitative estimate of drug-likeness (QED) is 0.250. The minimum atomic E-state index is -0.132. The zero-order valence-electron chi connectivity index (χ0n) is 17.3. The standard InChI is InChI=1S/C27H20N2O2/c1-17(30)25(26-23-13-7-5-11-21(23)22-12-6-8-14-24(22)26)27(18(2)31)29-16-20-10-4-3-9-19(20)15-28-29/h3-16H,1-2H3/p+1. The third-order valence-electron chi connectivity index (χ3n) is 5.67. The molecule has 0 saturated carbocycles. The summed E-state index contributed by atoms with van der Waals surface area (Å²) in [6.45, 7) is 3.13. The molecule has 4 nitrogen and oxygen atoms in total. The van der Waals surface area contributed by atoms with E-state index in [0.717, 1.165) is 38.6 Å². The second-order valence-corrected chi connectivity index (χ2v) is 7.68. The summed E-state index contributed by atoms with van der Waals surface area (Å²) < 4.78 is 1.60. The Bertz CT molecular complexity index is 1380. The normalized spacial score (nSPS) is 12.9. The number of carbonyl (C=O) groups is 1. The SMILES string of the molecule is CC(=O)C(=C1c2ccccc2-c2ccccc21)/C(=C(/C)O)[n+]1cc2ccccc2cn1. The number of rotatable bonds is 3. The molecule has 1 N–H and O–H groups in total. The maximum Gasteiger partial charge on any atom is 0.286 e. The smallest absolute Gasteiger partial charge is 0.286 e. The number of ketones is 1. The molecule has 4 aromatic rings. The summed E-state index contributed by atoms with van der Waals surface area (Å²) in [6, 6.07) is 24.0. The Morgan fingerprint density at radius 1 is 0.774 bits per heavy atom. The van der Waals surface area contributed by atoms with E-state index in [-0.39, 0.29) is 11.5 Å². The zero-order valence-corrected chi connectivity index (χ0v) is 17.3. The van der Waals surface area contributed by atoms with Crippen LogP contribution in [0.4, 0.5) is 0 Å². The average Bonchev–Trinajstić information content (AvgIpc) is 3.11. The van der Waals surface area contributed by atoms with E-state index in [1.54, 1.807) is 17.8 Å². The fraction of sp³-hybridized carbons (Fsp3) is 0.0741. The van der Waals surface area contributed by atoms with Crippen LogP contribution in [0.2, 0.25) is 0 Å². The molecule has 1 aromatic heterocycles. The zero-order chi connectivity index (χ0) is 21.5. The van der Waals surface area contributed by atoms with Gasteiger partial charge in [0.1, 0.15) is 11.8 Å². The highest BCUT2D eigenvalue weighted by molar-refractivity contribution is 6.17. The van der Waals surface area contributed by atoms with E-state index in [2.05, 4.69) is 17.2 Å². The summed E-state index contributed by atoms with van der Waals surface area (Å²) in [5.41, 5.74) is 5.79. The first-order valence-electron chi connectivity index (χ1n) is 10.2. The van der Waals surface area contributed by atoms with Gasteiger partial charge in [0.15, 0.2) is 11.5 Å². The van der Waals surface area contributed by atoms with E-state index in [9.17, 15) is 9.90 Å². The highest BCUT2D eigenvalue weighted by atomic mass is 16.3. The first kappa shape index (κ1) is 18.9. The first-order chi connectivity index (χ1) is 15.1. The van der Waals surface area contributed by atoms with Crippen LogP contribution in [-0.4, -0.2) is 16.0 Å². The summed E-state index contributed by atoms with van der Waals surface area (Å²) in [7, 11) is 0. The van der Waals surface area contributed by atoms with Crippen LogP contribution in [0.15, 0.2) is 96.5 Å². The average molecular weight is 405 g/mol. The third kappa shape index (κ3) is 3.04. The van der Waals surface area contributed by atoms with Crippen LogP contribution in [-0.2, 0) is 4.79 Å². The van der Waals surface area contributed by atoms with Crippen molar-refractivity contribution in [2.45, 2.75) is 13.8 Å². The lowest BCUT2D eigenvalue weighted by atomic mass is 9.93. The maximum absolute atomic E-state index is 13.1. The Hall–Kier alpha value is -4.05. The van der Waals surface area contributed by atoms with Gasteiger partial charge in [-0.15, -0.1) is 0 Å². The van der Waals surface area contributed by atoms with Crippen molar-refractivity contribution < 1.29 is 14.6 Å². The number of aliphatic hydroxyl groups excluding tert-OH is 1. The van der Waals surface area contributed by atoms with Crippen LogP contribution in [0.3, 0.4) is 0 Å². The lowest BCUT2D eigenvalue weighted by Gasteiger charge is -2.11. The van der Waals surface area contributed by atoms with Gasteiger partial charge < -0.3 is 5.11 Å². The van der Waals surface area contributed by atoms with Crippen LogP contribution >= 0.6 is 0 Å². The lowest BCUT2D eigenvalue weighted by molar-refractivity contribution is -0.644. The fourth-order valence-corrected chi connectivity index (χ4v) is 4.37. The van der Waals surface area contributed by atoms with Gasteiger partial charge in [0.2, 0.25) is 6.20 Å². The van der Waals surface area contributed by atoms with Crippen LogP contribution < -0.4 is 4.68 Å². The van der Waals surface area contributed by atoms with Crippen LogP contribution in [0.5, 0.6) is 0 Å². The molecule has 0 fully saturated rings. The number of hydrogen-bond acceptors (Lipinski definition) is 3. The van der Waals surface area contributed by atoms with Crippen LogP contribution in [0.25, 0.3) is 33.2 Å². The molecule has 0 radical (unpaired) electrons. The van der Waals surface area contributed by atoms with Crippen LogP contribution in [0, 0.1) is 0 Å². The van der Waals surface area contributed by atoms with Crippen molar-refractivity contribution in [3.63, 3.8) is 0 Å². The molecule has 0 bridgehead atoms. The van der Waals surface area contributed by atoms with Crippen molar-refractivity contribution in [2.24, 2.45) is 0 Å². The summed E-state index contributed by atoms with van der Waals surface area (Å²) in [5, 5.41) is 17.2. The summed E-state index contributed by atoms with van der Waals surface area (Å²) in [5.74, 6) is -0.0975. The first-order valence-corrected chi connectivity index (χ1v) is 10.2. The van der Waals surface area contributed by atoms with Crippen molar-refractivity contribution >= 4 is 27.8 Å². The Morgan fingerprint density at radius 2 is 1.29 bits per heavy atom. The molecule has 31 heavy (non-hydrogen) atoms. The molecule has 3 aromatic carbocycles.